The fourth-order valence-corrected chi connectivity index (χ4v) is 3.42. The van der Waals surface area contributed by atoms with E-state index in [1.165, 1.54) is 11.3 Å². The Balaban J connectivity index is 2.30. The minimum atomic E-state index is 0.520. The summed E-state index contributed by atoms with van der Waals surface area (Å²) in [4.78, 5) is 6.72. The molecule has 2 N–H and O–H groups in total. The van der Waals surface area contributed by atoms with Crippen molar-refractivity contribution in [2.24, 2.45) is 5.73 Å². The lowest BCUT2D eigenvalue weighted by Gasteiger charge is -2.23. The predicted octanol–water partition coefficient (Wildman–Crippen LogP) is 3.62. The number of halogens is 1. The van der Waals surface area contributed by atoms with Crippen LogP contribution >= 0.6 is 27.3 Å². The maximum absolute atomic E-state index is 5.86. The number of thiophene rings is 1. The lowest BCUT2D eigenvalue weighted by atomic mass is 10.1. The summed E-state index contributed by atoms with van der Waals surface area (Å²) in [6.45, 7) is 5.43. The van der Waals surface area contributed by atoms with Gasteiger partial charge in [0.25, 0.3) is 0 Å². The highest BCUT2D eigenvalue weighted by molar-refractivity contribution is 9.11. The van der Waals surface area contributed by atoms with Crippen LogP contribution in [0.5, 0.6) is 0 Å². The minimum absolute atomic E-state index is 0.520. The topological polar surface area (TPSA) is 42.1 Å². The highest BCUT2D eigenvalue weighted by Crippen LogP contribution is 2.26. The van der Waals surface area contributed by atoms with Gasteiger partial charge in [0.05, 0.1) is 3.79 Å². The summed E-state index contributed by atoms with van der Waals surface area (Å²) in [7, 11) is 2.10. The number of nitrogens with zero attached hydrogens (tertiary/aromatic N) is 2. The SMILES string of the molecule is Cc1cc(N(C)Cc2csc(Br)c2)c(CN)c(C)n1. The van der Waals surface area contributed by atoms with Crippen molar-refractivity contribution in [2.45, 2.75) is 26.9 Å². The van der Waals surface area contributed by atoms with Crippen molar-refractivity contribution in [1.29, 1.82) is 0 Å². The number of aromatic nitrogens is 1. The third-order valence-corrected chi connectivity index (χ3v) is 4.65. The molecular weight excluding hydrogens is 322 g/mol. The first-order chi connectivity index (χ1) is 9.01. The van der Waals surface area contributed by atoms with E-state index in [4.69, 9.17) is 5.73 Å². The van der Waals surface area contributed by atoms with Crippen LogP contribution in [0.3, 0.4) is 0 Å². The molecule has 102 valence electrons. The van der Waals surface area contributed by atoms with E-state index in [1.54, 1.807) is 11.3 Å². The van der Waals surface area contributed by atoms with Gasteiger partial charge >= 0.3 is 0 Å². The van der Waals surface area contributed by atoms with Crippen molar-refractivity contribution < 1.29 is 0 Å². The predicted molar refractivity (Wildman–Crippen MR) is 85.7 cm³/mol. The molecule has 0 amide bonds. The molecule has 0 spiro atoms. The summed E-state index contributed by atoms with van der Waals surface area (Å²) in [6, 6.07) is 4.26. The van der Waals surface area contributed by atoms with Crippen molar-refractivity contribution >= 4 is 33.0 Å². The first-order valence-corrected chi connectivity index (χ1v) is 7.79. The van der Waals surface area contributed by atoms with Gasteiger partial charge in [-0.25, -0.2) is 0 Å². The molecule has 5 heteroatoms. The summed E-state index contributed by atoms with van der Waals surface area (Å²) in [6.07, 6.45) is 0. The average molecular weight is 340 g/mol. The molecule has 0 saturated heterocycles. The zero-order valence-electron chi connectivity index (χ0n) is 11.4. The largest absolute Gasteiger partial charge is 0.370 e. The molecular formula is C14H18BrN3S. The second kappa shape index (κ2) is 6.03. The highest BCUT2D eigenvalue weighted by Gasteiger charge is 2.12. The zero-order chi connectivity index (χ0) is 14.0. The Hall–Kier alpha value is -0.910. The monoisotopic (exact) mass is 339 g/mol. The van der Waals surface area contributed by atoms with Crippen LogP contribution in [0.4, 0.5) is 5.69 Å². The fraction of sp³-hybridized carbons (Fsp3) is 0.357. The average Bonchev–Trinajstić information content (AvgIpc) is 2.73. The van der Waals surface area contributed by atoms with Gasteiger partial charge in [0, 0.05) is 42.8 Å². The Morgan fingerprint density at radius 2 is 2.11 bits per heavy atom. The van der Waals surface area contributed by atoms with Crippen molar-refractivity contribution in [1.82, 2.24) is 4.98 Å². The molecule has 0 fully saturated rings. The van der Waals surface area contributed by atoms with Crippen molar-refractivity contribution in [3.05, 3.63) is 43.8 Å². The summed E-state index contributed by atoms with van der Waals surface area (Å²) >= 11 is 5.21. The zero-order valence-corrected chi connectivity index (χ0v) is 13.8. The molecule has 2 heterocycles. The summed E-state index contributed by atoms with van der Waals surface area (Å²) in [5.41, 5.74) is 11.5. The van der Waals surface area contributed by atoms with E-state index in [-0.39, 0.29) is 0 Å². The van der Waals surface area contributed by atoms with Crippen LogP contribution in [0.25, 0.3) is 0 Å². The molecule has 2 aromatic heterocycles. The molecule has 3 nitrogen and oxygen atoms in total. The van der Waals surface area contributed by atoms with Crippen LogP contribution in [0.1, 0.15) is 22.5 Å². The number of hydrogen-bond donors (Lipinski definition) is 1. The maximum Gasteiger partial charge on any atom is 0.0701 e. The van der Waals surface area contributed by atoms with Gasteiger partial charge < -0.3 is 10.6 Å². The second-order valence-electron chi connectivity index (χ2n) is 4.67. The van der Waals surface area contributed by atoms with Gasteiger partial charge in [-0.2, -0.15) is 0 Å². The fourth-order valence-electron chi connectivity index (χ4n) is 2.22. The molecule has 0 aliphatic rings. The molecule has 0 bridgehead atoms. The molecule has 0 aromatic carbocycles. The Morgan fingerprint density at radius 3 is 2.68 bits per heavy atom. The third-order valence-electron chi connectivity index (χ3n) is 3.09. The van der Waals surface area contributed by atoms with E-state index in [1.807, 2.05) is 13.8 Å². The molecule has 0 atom stereocenters. The van der Waals surface area contributed by atoms with Crippen LogP contribution in [0.2, 0.25) is 0 Å². The summed E-state index contributed by atoms with van der Waals surface area (Å²) in [5, 5.41) is 2.17. The van der Waals surface area contributed by atoms with E-state index in [9.17, 15) is 0 Å². The van der Waals surface area contributed by atoms with Crippen LogP contribution in [-0.2, 0) is 13.1 Å². The van der Waals surface area contributed by atoms with Gasteiger partial charge in [0.2, 0.25) is 0 Å². The lowest BCUT2D eigenvalue weighted by Crippen LogP contribution is -2.20. The van der Waals surface area contributed by atoms with E-state index in [0.29, 0.717) is 6.54 Å². The normalized spacial score (nSPS) is 10.8. The Labute approximate surface area is 126 Å². The van der Waals surface area contributed by atoms with Crippen LogP contribution < -0.4 is 10.6 Å². The molecule has 19 heavy (non-hydrogen) atoms. The van der Waals surface area contributed by atoms with Gasteiger partial charge in [-0.3, -0.25) is 4.98 Å². The summed E-state index contributed by atoms with van der Waals surface area (Å²) < 4.78 is 1.16. The van der Waals surface area contributed by atoms with Crippen LogP contribution in [0, 0.1) is 13.8 Å². The van der Waals surface area contributed by atoms with Gasteiger partial charge in [-0.1, -0.05) is 0 Å². The maximum atomic E-state index is 5.86. The second-order valence-corrected chi connectivity index (χ2v) is 6.96. The highest BCUT2D eigenvalue weighted by atomic mass is 79.9. The quantitative estimate of drug-likeness (QED) is 0.924. The van der Waals surface area contributed by atoms with Crippen molar-refractivity contribution in [3.8, 4) is 0 Å². The molecule has 0 radical (unpaired) electrons. The van der Waals surface area contributed by atoms with Gasteiger partial charge in [-0.15, -0.1) is 11.3 Å². The number of rotatable bonds is 4. The van der Waals surface area contributed by atoms with Crippen LogP contribution in [0.15, 0.2) is 21.3 Å². The smallest absolute Gasteiger partial charge is 0.0701 e. The van der Waals surface area contributed by atoms with Gasteiger partial charge in [0.1, 0.15) is 0 Å². The first-order valence-electron chi connectivity index (χ1n) is 6.12. The molecule has 2 rings (SSSR count). The standard InChI is InChI=1S/C14H18BrN3S/c1-9-4-13(12(6-16)10(2)17-9)18(3)7-11-5-14(15)19-8-11/h4-5,8H,6-7,16H2,1-3H3. The van der Waals surface area contributed by atoms with E-state index in [0.717, 1.165) is 27.3 Å². The Kier molecular flexibility index (Phi) is 4.60. The van der Waals surface area contributed by atoms with Crippen LogP contribution in [-0.4, -0.2) is 12.0 Å². The molecule has 2 aromatic rings. The van der Waals surface area contributed by atoms with E-state index >= 15 is 0 Å². The molecule has 0 aliphatic carbocycles. The Bertz CT molecular complexity index is 580. The first kappa shape index (κ1) is 14.5. The number of aryl methyl sites for hydroxylation is 2. The minimum Gasteiger partial charge on any atom is -0.370 e. The number of anilines is 1. The third kappa shape index (κ3) is 3.35. The molecule has 0 unspecified atom stereocenters. The molecule has 0 saturated carbocycles. The molecule has 0 aliphatic heterocycles. The Morgan fingerprint density at radius 1 is 1.37 bits per heavy atom. The van der Waals surface area contributed by atoms with E-state index < -0.39 is 0 Å². The number of pyridine rings is 1. The van der Waals surface area contributed by atoms with Gasteiger partial charge in [0.15, 0.2) is 0 Å². The lowest BCUT2D eigenvalue weighted by molar-refractivity contribution is 0.887. The van der Waals surface area contributed by atoms with Gasteiger partial charge in [-0.05, 0) is 52.9 Å². The van der Waals surface area contributed by atoms with Crippen molar-refractivity contribution in [2.75, 3.05) is 11.9 Å². The number of hydrogen-bond acceptors (Lipinski definition) is 4. The number of nitrogens with two attached hydrogens (primary N) is 1. The van der Waals surface area contributed by atoms with Crippen molar-refractivity contribution in [3.63, 3.8) is 0 Å². The summed E-state index contributed by atoms with van der Waals surface area (Å²) in [5.74, 6) is 0. The van der Waals surface area contributed by atoms with E-state index in [2.05, 4.69) is 50.4 Å².